The van der Waals surface area contributed by atoms with Crippen molar-refractivity contribution >= 4 is 23.0 Å². The zero-order chi connectivity index (χ0) is 24.9. The van der Waals surface area contributed by atoms with Gasteiger partial charge in [0.15, 0.2) is 5.76 Å². The first kappa shape index (κ1) is 24.2. The van der Waals surface area contributed by atoms with Crippen molar-refractivity contribution in [3.8, 4) is 5.75 Å². The molecule has 36 heavy (non-hydrogen) atoms. The van der Waals surface area contributed by atoms with E-state index in [1.807, 2.05) is 60.0 Å². The number of Topliss-reactive ketones (excluding diaryl/α,β-unsaturated/α-hetero) is 1. The number of ketones is 1. The van der Waals surface area contributed by atoms with E-state index in [0.29, 0.717) is 43.5 Å². The second-order valence-corrected chi connectivity index (χ2v) is 9.71. The number of thiophene rings is 1. The molecule has 2 aromatic carbocycles. The van der Waals surface area contributed by atoms with Crippen LogP contribution in [0.25, 0.3) is 0 Å². The zero-order valence-corrected chi connectivity index (χ0v) is 20.7. The van der Waals surface area contributed by atoms with E-state index < -0.39 is 17.7 Å². The molecule has 0 unspecified atom stereocenters. The lowest BCUT2D eigenvalue weighted by Gasteiger charge is -2.31. The van der Waals surface area contributed by atoms with Crippen molar-refractivity contribution in [1.29, 1.82) is 0 Å². The monoisotopic (exact) mass is 504 g/mol. The van der Waals surface area contributed by atoms with Gasteiger partial charge in [0.25, 0.3) is 5.91 Å². The molecule has 1 fully saturated rings. The number of carbonyl (C=O) groups excluding carboxylic acids is 2. The van der Waals surface area contributed by atoms with E-state index in [-0.39, 0.29) is 11.4 Å². The number of nitrogens with zero attached hydrogens (tertiary/aromatic N) is 2. The predicted molar refractivity (Wildman–Crippen MR) is 137 cm³/mol. The Hall–Kier alpha value is -3.46. The lowest BCUT2D eigenvalue weighted by atomic mass is 9.95. The molecule has 0 radical (unpaired) electrons. The molecule has 0 spiro atoms. The van der Waals surface area contributed by atoms with Gasteiger partial charge in [0.2, 0.25) is 5.78 Å². The SMILES string of the molecule is O=C(C1=C(O)C(=O)N(CCN2CCOCC2)[C@@H]1c1ccc(OCc2ccccc2)cc1)c1cccs1. The fourth-order valence-corrected chi connectivity index (χ4v) is 5.24. The number of ether oxygens (including phenoxy) is 2. The molecule has 8 heteroatoms. The summed E-state index contributed by atoms with van der Waals surface area (Å²) in [6.07, 6.45) is 0. The topological polar surface area (TPSA) is 79.3 Å². The molecule has 1 saturated heterocycles. The van der Waals surface area contributed by atoms with Crippen LogP contribution >= 0.6 is 11.3 Å². The van der Waals surface area contributed by atoms with Crippen LogP contribution in [0.2, 0.25) is 0 Å². The van der Waals surface area contributed by atoms with Crippen LogP contribution in [0.4, 0.5) is 0 Å². The number of hydrogen-bond acceptors (Lipinski definition) is 7. The number of hydrogen-bond donors (Lipinski definition) is 1. The highest BCUT2D eigenvalue weighted by atomic mass is 32.1. The number of aliphatic hydroxyl groups is 1. The minimum Gasteiger partial charge on any atom is -0.503 e. The number of aliphatic hydroxyl groups excluding tert-OH is 1. The first-order valence-corrected chi connectivity index (χ1v) is 12.9. The molecular weight excluding hydrogens is 476 g/mol. The Morgan fingerprint density at radius 3 is 2.44 bits per heavy atom. The van der Waals surface area contributed by atoms with Gasteiger partial charge in [0.05, 0.1) is 29.7 Å². The first-order valence-electron chi connectivity index (χ1n) is 12.0. The Kier molecular flexibility index (Phi) is 7.46. The fourth-order valence-electron chi connectivity index (χ4n) is 4.56. The number of benzene rings is 2. The van der Waals surface area contributed by atoms with Gasteiger partial charge in [0, 0.05) is 26.2 Å². The van der Waals surface area contributed by atoms with Gasteiger partial charge in [-0.3, -0.25) is 14.5 Å². The molecule has 1 atom stereocenters. The molecular formula is C28H28N2O5S. The molecule has 0 saturated carbocycles. The molecule has 5 rings (SSSR count). The third kappa shape index (κ3) is 5.21. The summed E-state index contributed by atoms with van der Waals surface area (Å²) in [6.45, 7) is 4.37. The Balaban J connectivity index is 1.39. The fraction of sp³-hybridized carbons (Fsp3) is 0.286. The third-order valence-corrected chi connectivity index (χ3v) is 7.37. The van der Waals surface area contributed by atoms with Gasteiger partial charge >= 0.3 is 0 Å². The van der Waals surface area contributed by atoms with E-state index in [4.69, 9.17) is 9.47 Å². The van der Waals surface area contributed by atoms with E-state index in [1.54, 1.807) is 17.0 Å². The van der Waals surface area contributed by atoms with Gasteiger partial charge in [-0.15, -0.1) is 11.3 Å². The van der Waals surface area contributed by atoms with E-state index in [2.05, 4.69) is 4.90 Å². The molecule has 1 aromatic heterocycles. The highest BCUT2D eigenvalue weighted by Gasteiger charge is 2.44. The standard InChI is InChI=1S/C28H28N2O5S/c31-26(23-7-4-18-36-23)24-25(30(28(33)27(24)32)13-12-29-14-16-34-17-15-29)21-8-10-22(11-9-21)35-19-20-5-2-1-3-6-20/h1-11,18,25,32H,12-17,19H2/t25-/m1/s1. The maximum Gasteiger partial charge on any atom is 0.290 e. The Labute approximate surface area is 214 Å². The summed E-state index contributed by atoms with van der Waals surface area (Å²) in [7, 11) is 0. The maximum absolute atomic E-state index is 13.4. The lowest BCUT2D eigenvalue weighted by Crippen LogP contribution is -2.43. The van der Waals surface area contributed by atoms with Crippen LogP contribution in [0.3, 0.4) is 0 Å². The quantitative estimate of drug-likeness (QED) is 0.439. The zero-order valence-electron chi connectivity index (χ0n) is 19.8. The van der Waals surface area contributed by atoms with Crippen LogP contribution < -0.4 is 4.74 Å². The molecule has 2 aliphatic rings. The van der Waals surface area contributed by atoms with Crippen LogP contribution in [0, 0.1) is 0 Å². The highest BCUT2D eigenvalue weighted by molar-refractivity contribution is 7.12. The van der Waals surface area contributed by atoms with Crippen molar-refractivity contribution in [2.24, 2.45) is 0 Å². The van der Waals surface area contributed by atoms with Crippen LogP contribution in [-0.4, -0.2) is 66.0 Å². The summed E-state index contributed by atoms with van der Waals surface area (Å²) in [5.74, 6) is -0.618. The number of amides is 1. The van der Waals surface area contributed by atoms with Gasteiger partial charge < -0.3 is 19.5 Å². The van der Waals surface area contributed by atoms with Crippen molar-refractivity contribution in [1.82, 2.24) is 9.80 Å². The van der Waals surface area contributed by atoms with Crippen molar-refractivity contribution in [2.75, 3.05) is 39.4 Å². The van der Waals surface area contributed by atoms with Crippen LogP contribution in [0.5, 0.6) is 5.75 Å². The van der Waals surface area contributed by atoms with Crippen molar-refractivity contribution < 1.29 is 24.2 Å². The van der Waals surface area contributed by atoms with Gasteiger partial charge in [-0.2, -0.15) is 0 Å². The number of morpholine rings is 1. The number of rotatable bonds is 9. The predicted octanol–water partition coefficient (Wildman–Crippen LogP) is 4.24. The minimum absolute atomic E-state index is 0.127. The summed E-state index contributed by atoms with van der Waals surface area (Å²) in [5, 5.41) is 12.7. The van der Waals surface area contributed by atoms with E-state index in [9.17, 15) is 14.7 Å². The lowest BCUT2D eigenvalue weighted by molar-refractivity contribution is -0.129. The van der Waals surface area contributed by atoms with Gasteiger partial charge in [-0.25, -0.2) is 0 Å². The summed E-state index contributed by atoms with van der Waals surface area (Å²) >= 11 is 1.30. The highest BCUT2D eigenvalue weighted by Crippen LogP contribution is 2.39. The second-order valence-electron chi connectivity index (χ2n) is 8.77. The van der Waals surface area contributed by atoms with Crippen LogP contribution in [-0.2, 0) is 16.1 Å². The molecule has 0 bridgehead atoms. The largest absolute Gasteiger partial charge is 0.503 e. The van der Waals surface area contributed by atoms with Gasteiger partial charge in [0.1, 0.15) is 12.4 Å². The van der Waals surface area contributed by atoms with Crippen LogP contribution in [0.15, 0.2) is 83.4 Å². The molecule has 1 N–H and O–H groups in total. The summed E-state index contributed by atoms with van der Waals surface area (Å²) in [6, 6.07) is 20.1. The van der Waals surface area contributed by atoms with Crippen molar-refractivity contribution in [3.63, 3.8) is 0 Å². The molecule has 186 valence electrons. The minimum atomic E-state index is -0.670. The Bertz CT molecular complexity index is 1220. The Morgan fingerprint density at radius 2 is 1.75 bits per heavy atom. The third-order valence-electron chi connectivity index (χ3n) is 6.50. The molecule has 1 amide bonds. The smallest absolute Gasteiger partial charge is 0.290 e. The maximum atomic E-state index is 13.4. The average molecular weight is 505 g/mol. The molecule has 0 aliphatic carbocycles. The first-order chi connectivity index (χ1) is 17.6. The van der Waals surface area contributed by atoms with Gasteiger partial charge in [-0.05, 0) is 34.7 Å². The molecule has 3 aromatic rings. The second kappa shape index (κ2) is 11.1. The normalized spacial score (nSPS) is 18.6. The average Bonchev–Trinajstić information content (AvgIpc) is 3.55. The van der Waals surface area contributed by atoms with Crippen molar-refractivity contribution in [3.05, 3.63) is 99.4 Å². The summed E-state index contributed by atoms with van der Waals surface area (Å²) < 4.78 is 11.3. The van der Waals surface area contributed by atoms with E-state index in [1.165, 1.54) is 11.3 Å². The molecule has 3 heterocycles. The number of carbonyl (C=O) groups is 2. The van der Waals surface area contributed by atoms with E-state index >= 15 is 0 Å². The summed E-state index contributed by atoms with van der Waals surface area (Å²) in [4.78, 5) is 30.9. The summed E-state index contributed by atoms with van der Waals surface area (Å²) in [5.41, 5.74) is 1.94. The van der Waals surface area contributed by atoms with E-state index in [0.717, 1.165) is 24.2 Å². The Morgan fingerprint density at radius 1 is 1.00 bits per heavy atom. The van der Waals surface area contributed by atoms with Crippen molar-refractivity contribution in [2.45, 2.75) is 12.6 Å². The molecule has 2 aliphatic heterocycles. The van der Waals surface area contributed by atoms with Gasteiger partial charge in [-0.1, -0.05) is 48.5 Å². The molecule has 7 nitrogen and oxygen atoms in total. The van der Waals surface area contributed by atoms with Crippen LogP contribution in [0.1, 0.15) is 26.8 Å².